The van der Waals surface area contributed by atoms with Crippen LogP contribution in [0.25, 0.3) is 11.6 Å². The third-order valence-corrected chi connectivity index (χ3v) is 5.46. The van der Waals surface area contributed by atoms with Crippen LogP contribution in [0.2, 0.25) is 5.02 Å². The Morgan fingerprint density at radius 1 is 0.914 bits per heavy atom. The number of para-hydroxylation sites is 1. The molecule has 0 aromatic heterocycles. The maximum Gasteiger partial charge on any atom is 0.416 e. The minimum absolute atomic E-state index is 0.125. The number of ether oxygens (including phenoxy) is 3. The van der Waals surface area contributed by atoms with Crippen molar-refractivity contribution in [3.05, 3.63) is 82.4 Å². The summed E-state index contributed by atoms with van der Waals surface area (Å²) in [5, 5.41) is 3.00. The number of hydrogen-bond donors (Lipinski definition) is 1. The van der Waals surface area contributed by atoms with Gasteiger partial charge in [-0.05, 0) is 55.0 Å². The summed E-state index contributed by atoms with van der Waals surface area (Å²) in [4.78, 5) is 12.4. The van der Waals surface area contributed by atoms with Gasteiger partial charge >= 0.3 is 6.18 Å². The number of halogens is 4. The molecule has 0 saturated carbocycles. The number of fused-ring (bicyclic) bond motifs is 1. The molecule has 0 radical (unpaired) electrons. The van der Waals surface area contributed by atoms with Gasteiger partial charge in [-0.1, -0.05) is 35.9 Å². The van der Waals surface area contributed by atoms with Crippen LogP contribution < -0.4 is 19.5 Å². The average molecular weight is 504 g/mol. The van der Waals surface area contributed by atoms with Crippen molar-refractivity contribution < 1.29 is 32.2 Å². The van der Waals surface area contributed by atoms with E-state index in [9.17, 15) is 18.0 Å². The van der Waals surface area contributed by atoms with Crippen LogP contribution >= 0.6 is 11.6 Å². The van der Waals surface area contributed by atoms with E-state index in [2.05, 4.69) is 5.32 Å². The van der Waals surface area contributed by atoms with Gasteiger partial charge in [0.25, 0.3) is 5.91 Å². The molecule has 3 aromatic rings. The zero-order valence-electron chi connectivity index (χ0n) is 18.6. The van der Waals surface area contributed by atoms with Gasteiger partial charge < -0.3 is 19.5 Å². The lowest BCUT2D eigenvalue weighted by Crippen LogP contribution is -2.10. The van der Waals surface area contributed by atoms with E-state index in [1.54, 1.807) is 36.4 Å². The van der Waals surface area contributed by atoms with Crippen molar-refractivity contribution in [3.63, 3.8) is 0 Å². The molecule has 182 valence electrons. The molecule has 1 amide bonds. The summed E-state index contributed by atoms with van der Waals surface area (Å²) in [6.45, 7) is 2.71. The van der Waals surface area contributed by atoms with Crippen molar-refractivity contribution in [1.29, 1.82) is 0 Å². The maximum atomic E-state index is 13.0. The van der Waals surface area contributed by atoms with Crippen molar-refractivity contribution in [3.8, 4) is 17.2 Å². The molecule has 5 nitrogen and oxygen atoms in total. The molecular weight excluding hydrogens is 483 g/mol. The monoisotopic (exact) mass is 503 g/mol. The summed E-state index contributed by atoms with van der Waals surface area (Å²) in [6.07, 6.45) is -2.89. The largest absolute Gasteiger partial charge is 0.490 e. The smallest absolute Gasteiger partial charge is 0.416 e. The second-order valence-electron chi connectivity index (χ2n) is 7.54. The zero-order valence-corrected chi connectivity index (χ0v) is 19.4. The van der Waals surface area contributed by atoms with E-state index in [0.29, 0.717) is 40.0 Å². The number of amides is 1. The Labute approximate surface area is 205 Å². The first-order valence-electron chi connectivity index (χ1n) is 10.8. The van der Waals surface area contributed by atoms with Gasteiger partial charge in [-0.25, -0.2) is 0 Å². The van der Waals surface area contributed by atoms with Gasteiger partial charge in [-0.3, -0.25) is 4.79 Å². The topological polar surface area (TPSA) is 56.8 Å². The molecule has 1 aliphatic rings. The number of rotatable bonds is 8. The minimum Gasteiger partial charge on any atom is -0.490 e. The van der Waals surface area contributed by atoms with Crippen LogP contribution in [-0.4, -0.2) is 25.7 Å². The highest BCUT2D eigenvalue weighted by Crippen LogP contribution is 2.39. The highest BCUT2D eigenvalue weighted by molar-refractivity contribution is 6.35. The summed E-state index contributed by atoms with van der Waals surface area (Å²) >= 11 is 6.07. The zero-order chi connectivity index (χ0) is 25.0. The predicted molar refractivity (Wildman–Crippen MR) is 128 cm³/mol. The fourth-order valence-corrected chi connectivity index (χ4v) is 3.74. The summed E-state index contributed by atoms with van der Waals surface area (Å²) in [5.74, 6) is 1.03. The number of hydrogen-bond acceptors (Lipinski definition) is 4. The molecule has 0 saturated heterocycles. The average Bonchev–Trinajstić information content (AvgIpc) is 3.13. The molecule has 0 bridgehead atoms. The normalized spacial score (nSPS) is 14.0. The van der Waals surface area contributed by atoms with E-state index >= 15 is 0 Å². The third-order valence-electron chi connectivity index (χ3n) is 5.14. The number of anilines is 1. The van der Waals surface area contributed by atoms with Gasteiger partial charge in [-0.2, -0.15) is 13.2 Å². The second-order valence-corrected chi connectivity index (χ2v) is 7.94. The van der Waals surface area contributed by atoms with Gasteiger partial charge in [0.1, 0.15) is 19.0 Å². The molecule has 0 atom stereocenters. The van der Waals surface area contributed by atoms with Crippen LogP contribution in [0.4, 0.5) is 18.9 Å². The van der Waals surface area contributed by atoms with Crippen LogP contribution in [0.15, 0.2) is 60.7 Å². The fourth-order valence-electron chi connectivity index (χ4n) is 3.55. The molecule has 1 heterocycles. The third kappa shape index (κ3) is 5.71. The molecule has 3 aromatic carbocycles. The van der Waals surface area contributed by atoms with Crippen molar-refractivity contribution in [2.45, 2.75) is 13.1 Å². The Hall–Kier alpha value is -3.65. The molecule has 1 aliphatic heterocycles. The lowest BCUT2D eigenvalue weighted by molar-refractivity contribution is -0.137. The molecule has 0 aliphatic carbocycles. The highest BCUT2D eigenvalue weighted by atomic mass is 35.5. The first-order valence-corrected chi connectivity index (χ1v) is 11.2. The Morgan fingerprint density at radius 3 is 2.37 bits per heavy atom. The quantitative estimate of drug-likeness (QED) is 0.274. The molecular formula is C26H21ClF3NO4. The summed E-state index contributed by atoms with van der Waals surface area (Å²) in [5.41, 5.74) is 0.595. The van der Waals surface area contributed by atoms with E-state index in [4.69, 9.17) is 25.8 Å². The SMILES string of the molecule is CCOc1cc(/C=C2/C(=O)Nc3cc(C(F)(F)F)ccc32)ccc1OCCOc1ccccc1Cl. The van der Waals surface area contributed by atoms with Gasteiger partial charge in [0.2, 0.25) is 0 Å². The fraction of sp³-hybridized carbons (Fsp3) is 0.192. The Balaban J connectivity index is 1.50. The van der Waals surface area contributed by atoms with Crippen molar-refractivity contribution in [1.82, 2.24) is 0 Å². The molecule has 0 unspecified atom stereocenters. The van der Waals surface area contributed by atoms with Gasteiger partial charge in [-0.15, -0.1) is 0 Å². The number of benzene rings is 3. The van der Waals surface area contributed by atoms with Crippen LogP contribution in [0.5, 0.6) is 17.2 Å². The standard InChI is InChI=1S/C26H21ClF3NO4/c1-2-33-24-14-16(7-10-23(24)35-12-11-34-22-6-4-3-5-20(22)27)13-19-18-9-8-17(26(28,29)30)15-21(18)31-25(19)32/h3-10,13-15H,2,11-12H2,1H3,(H,31,32)/b19-13+. The molecule has 0 spiro atoms. The van der Waals surface area contributed by atoms with E-state index in [1.807, 2.05) is 19.1 Å². The van der Waals surface area contributed by atoms with Crippen LogP contribution in [-0.2, 0) is 11.0 Å². The maximum absolute atomic E-state index is 13.0. The van der Waals surface area contributed by atoms with Crippen LogP contribution in [0.1, 0.15) is 23.6 Å². The first kappa shape index (κ1) is 24.5. The first-order chi connectivity index (χ1) is 16.8. The van der Waals surface area contributed by atoms with Crippen molar-refractivity contribution in [2.24, 2.45) is 0 Å². The number of carbonyl (C=O) groups excluding carboxylic acids is 1. The van der Waals surface area contributed by atoms with E-state index in [1.165, 1.54) is 6.07 Å². The number of carbonyl (C=O) groups is 1. The Bertz CT molecular complexity index is 1270. The van der Waals surface area contributed by atoms with Crippen LogP contribution in [0, 0.1) is 0 Å². The van der Waals surface area contributed by atoms with Gasteiger partial charge in [0.15, 0.2) is 11.5 Å². The van der Waals surface area contributed by atoms with Gasteiger partial charge in [0, 0.05) is 16.8 Å². The summed E-state index contributed by atoms with van der Waals surface area (Å²) in [7, 11) is 0. The minimum atomic E-state index is -4.49. The lowest BCUT2D eigenvalue weighted by Gasteiger charge is -2.13. The predicted octanol–water partition coefficient (Wildman–Crippen LogP) is 6.71. The summed E-state index contributed by atoms with van der Waals surface area (Å²) in [6, 6.07) is 15.4. The lowest BCUT2D eigenvalue weighted by atomic mass is 10.0. The molecule has 1 N–H and O–H groups in total. The molecule has 9 heteroatoms. The highest BCUT2D eigenvalue weighted by Gasteiger charge is 2.33. The second kappa shape index (κ2) is 10.3. The number of nitrogens with one attached hydrogen (secondary N) is 1. The Kier molecular flexibility index (Phi) is 7.21. The summed E-state index contributed by atoms with van der Waals surface area (Å²) < 4.78 is 56.1. The Morgan fingerprint density at radius 2 is 1.66 bits per heavy atom. The van der Waals surface area contributed by atoms with Crippen molar-refractivity contribution >= 4 is 34.8 Å². The van der Waals surface area contributed by atoms with Crippen LogP contribution in [0.3, 0.4) is 0 Å². The van der Waals surface area contributed by atoms with E-state index in [-0.39, 0.29) is 24.5 Å². The molecule has 35 heavy (non-hydrogen) atoms. The van der Waals surface area contributed by atoms with E-state index in [0.717, 1.165) is 12.1 Å². The van der Waals surface area contributed by atoms with Crippen molar-refractivity contribution in [2.75, 3.05) is 25.1 Å². The van der Waals surface area contributed by atoms with E-state index < -0.39 is 17.6 Å². The van der Waals surface area contributed by atoms with Gasteiger partial charge in [0.05, 0.1) is 17.2 Å². The number of alkyl halides is 3. The molecule has 4 rings (SSSR count). The molecule has 0 fully saturated rings.